The van der Waals surface area contributed by atoms with Crippen LogP contribution in [0.4, 0.5) is 0 Å². The summed E-state index contributed by atoms with van der Waals surface area (Å²) in [6, 6.07) is 0. The summed E-state index contributed by atoms with van der Waals surface area (Å²) in [7, 11) is 0. The van der Waals surface area contributed by atoms with Crippen LogP contribution in [0.1, 0.15) is 42.5 Å². The first-order valence-corrected chi connectivity index (χ1v) is 6.68. The topological polar surface area (TPSA) is 24.9 Å². The highest BCUT2D eigenvalue weighted by Crippen LogP contribution is 2.43. The van der Waals surface area contributed by atoms with Gasteiger partial charge in [-0.2, -0.15) is 0 Å². The van der Waals surface area contributed by atoms with Crippen LogP contribution in [0.5, 0.6) is 0 Å². The molecule has 0 spiro atoms. The van der Waals surface area contributed by atoms with E-state index in [4.69, 9.17) is 0 Å². The standard InChI is InChI=1S/C12H20N2S/c1-3-12(5-4-6-12)9-13-7-11-8-14-10(2)15-11/h8,13H,3-7,9H2,1-2H3. The summed E-state index contributed by atoms with van der Waals surface area (Å²) in [5.41, 5.74) is 0.625. The first-order chi connectivity index (χ1) is 7.24. The van der Waals surface area contributed by atoms with Crippen molar-refractivity contribution in [2.45, 2.75) is 46.1 Å². The molecule has 1 N–H and O–H groups in total. The van der Waals surface area contributed by atoms with Gasteiger partial charge < -0.3 is 5.32 Å². The third-order valence-corrected chi connectivity index (χ3v) is 4.55. The van der Waals surface area contributed by atoms with Crippen molar-refractivity contribution in [3.8, 4) is 0 Å². The molecule has 0 unspecified atom stereocenters. The number of aromatic nitrogens is 1. The zero-order valence-corrected chi connectivity index (χ0v) is 10.5. The van der Waals surface area contributed by atoms with E-state index in [1.807, 2.05) is 6.20 Å². The highest BCUT2D eigenvalue weighted by molar-refractivity contribution is 7.11. The van der Waals surface area contributed by atoms with Gasteiger partial charge in [0, 0.05) is 24.2 Å². The third-order valence-electron chi connectivity index (χ3n) is 3.63. The third kappa shape index (κ3) is 2.58. The fourth-order valence-corrected chi connectivity index (χ4v) is 3.03. The molecule has 1 aromatic heterocycles. The number of nitrogens with zero attached hydrogens (tertiary/aromatic N) is 1. The Balaban J connectivity index is 1.74. The van der Waals surface area contributed by atoms with Crippen molar-refractivity contribution in [1.29, 1.82) is 0 Å². The summed E-state index contributed by atoms with van der Waals surface area (Å²) in [4.78, 5) is 5.62. The average molecular weight is 224 g/mol. The van der Waals surface area contributed by atoms with Crippen LogP contribution in [-0.4, -0.2) is 11.5 Å². The molecule has 0 bridgehead atoms. The maximum Gasteiger partial charge on any atom is 0.0897 e. The van der Waals surface area contributed by atoms with E-state index in [9.17, 15) is 0 Å². The predicted molar refractivity (Wildman–Crippen MR) is 65.1 cm³/mol. The van der Waals surface area contributed by atoms with Gasteiger partial charge in [0.1, 0.15) is 0 Å². The largest absolute Gasteiger partial charge is 0.311 e. The van der Waals surface area contributed by atoms with Gasteiger partial charge in [-0.15, -0.1) is 11.3 Å². The molecule has 1 heterocycles. The first kappa shape index (κ1) is 11.1. The Morgan fingerprint density at radius 2 is 2.33 bits per heavy atom. The Labute approximate surface area is 96.1 Å². The van der Waals surface area contributed by atoms with Crippen LogP contribution in [0.15, 0.2) is 6.20 Å². The second-order valence-electron chi connectivity index (χ2n) is 4.66. The van der Waals surface area contributed by atoms with Gasteiger partial charge in [-0.05, 0) is 31.6 Å². The van der Waals surface area contributed by atoms with E-state index in [0.29, 0.717) is 5.41 Å². The number of rotatable bonds is 5. The van der Waals surface area contributed by atoms with Gasteiger partial charge in [-0.1, -0.05) is 13.3 Å². The summed E-state index contributed by atoms with van der Waals surface area (Å²) in [5, 5.41) is 4.75. The Morgan fingerprint density at radius 3 is 2.80 bits per heavy atom. The highest BCUT2D eigenvalue weighted by Gasteiger charge is 2.34. The molecule has 0 atom stereocenters. The Morgan fingerprint density at radius 1 is 1.53 bits per heavy atom. The molecule has 1 saturated carbocycles. The molecule has 1 fully saturated rings. The van der Waals surface area contributed by atoms with Gasteiger partial charge in [-0.3, -0.25) is 0 Å². The van der Waals surface area contributed by atoms with Crippen LogP contribution in [0.2, 0.25) is 0 Å². The smallest absolute Gasteiger partial charge is 0.0897 e. The number of hydrogen-bond acceptors (Lipinski definition) is 3. The summed E-state index contributed by atoms with van der Waals surface area (Å²) < 4.78 is 0. The van der Waals surface area contributed by atoms with Crippen LogP contribution in [-0.2, 0) is 6.54 Å². The minimum atomic E-state index is 0.625. The van der Waals surface area contributed by atoms with E-state index in [1.165, 1.54) is 42.1 Å². The maximum absolute atomic E-state index is 4.26. The van der Waals surface area contributed by atoms with Crippen LogP contribution in [0, 0.1) is 12.3 Å². The lowest BCUT2D eigenvalue weighted by molar-refractivity contribution is 0.124. The molecule has 1 aliphatic rings. The van der Waals surface area contributed by atoms with Crippen molar-refractivity contribution in [2.75, 3.05) is 6.54 Å². The first-order valence-electron chi connectivity index (χ1n) is 5.86. The lowest BCUT2D eigenvalue weighted by atomic mass is 9.67. The molecule has 0 amide bonds. The van der Waals surface area contributed by atoms with Gasteiger partial charge in [0.05, 0.1) is 5.01 Å². The fraction of sp³-hybridized carbons (Fsp3) is 0.750. The molecule has 0 aromatic carbocycles. The van der Waals surface area contributed by atoms with Gasteiger partial charge in [0.2, 0.25) is 0 Å². The van der Waals surface area contributed by atoms with Crippen molar-refractivity contribution in [3.05, 3.63) is 16.1 Å². The molecule has 1 aromatic rings. The van der Waals surface area contributed by atoms with Crippen molar-refractivity contribution in [2.24, 2.45) is 5.41 Å². The maximum atomic E-state index is 4.26. The molecule has 0 aliphatic heterocycles. The molecule has 2 nitrogen and oxygen atoms in total. The quantitative estimate of drug-likeness (QED) is 0.831. The summed E-state index contributed by atoms with van der Waals surface area (Å²) in [5.74, 6) is 0. The van der Waals surface area contributed by atoms with E-state index in [0.717, 1.165) is 6.54 Å². The molecular formula is C12H20N2S. The van der Waals surface area contributed by atoms with Crippen molar-refractivity contribution in [3.63, 3.8) is 0 Å². The number of hydrogen-bond donors (Lipinski definition) is 1. The molecule has 1 aliphatic carbocycles. The van der Waals surface area contributed by atoms with E-state index in [1.54, 1.807) is 11.3 Å². The van der Waals surface area contributed by atoms with Crippen molar-refractivity contribution < 1.29 is 0 Å². The molecule has 0 radical (unpaired) electrons. The number of nitrogens with one attached hydrogen (secondary N) is 1. The van der Waals surface area contributed by atoms with Crippen molar-refractivity contribution in [1.82, 2.24) is 10.3 Å². The monoisotopic (exact) mass is 224 g/mol. The van der Waals surface area contributed by atoms with Gasteiger partial charge >= 0.3 is 0 Å². The molecule has 3 heteroatoms. The Bertz CT molecular complexity index is 310. The normalized spacial score (nSPS) is 18.8. The van der Waals surface area contributed by atoms with E-state index >= 15 is 0 Å². The summed E-state index contributed by atoms with van der Waals surface area (Å²) in [6.07, 6.45) is 7.57. The van der Waals surface area contributed by atoms with E-state index in [2.05, 4.69) is 24.1 Å². The van der Waals surface area contributed by atoms with Crippen LogP contribution < -0.4 is 5.32 Å². The molecule has 0 saturated heterocycles. The van der Waals surface area contributed by atoms with Gasteiger partial charge in [0.15, 0.2) is 0 Å². The zero-order valence-electron chi connectivity index (χ0n) is 9.68. The minimum Gasteiger partial charge on any atom is -0.311 e. The summed E-state index contributed by atoms with van der Waals surface area (Å²) >= 11 is 1.80. The average Bonchev–Trinajstić information content (AvgIpc) is 2.56. The number of thiazole rings is 1. The molecular weight excluding hydrogens is 204 g/mol. The lowest BCUT2D eigenvalue weighted by Crippen LogP contribution is -2.39. The Hall–Kier alpha value is -0.410. The van der Waals surface area contributed by atoms with Crippen LogP contribution in [0.3, 0.4) is 0 Å². The molecule has 84 valence electrons. The second-order valence-corrected chi connectivity index (χ2v) is 5.98. The van der Waals surface area contributed by atoms with Gasteiger partial charge in [0.25, 0.3) is 0 Å². The van der Waals surface area contributed by atoms with E-state index < -0.39 is 0 Å². The lowest BCUT2D eigenvalue weighted by Gasteiger charge is -2.41. The second kappa shape index (κ2) is 4.62. The van der Waals surface area contributed by atoms with Crippen molar-refractivity contribution >= 4 is 11.3 Å². The SMILES string of the molecule is CCC1(CNCc2cnc(C)s2)CCC1. The fourth-order valence-electron chi connectivity index (χ4n) is 2.27. The summed E-state index contributed by atoms with van der Waals surface area (Å²) in [6.45, 7) is 6.55. The molecule has 15 heavy (non-hydrogen) atoms. The van der Waals surface area contributed by atoms with E-state index in [-0.39, 0.29) is 0 Å². The zero-order chi connectivity index (χ0) is 10.7. The highest BCUT2D eigenvalue weighted by atomic mass is 32.1. The van der Waals surface area contributed by atoms with Crippen LogP contribution >= 0.6 is 11.3 Å². The van der Waals surface area contributed by atoms with Crippen LogP contribution in [0.25, 0.3) is 0 Å². The Kier molecular flexibility index (Phi) is 3.42. The number of aryl methyl sites for hydroxylation is 1. The molecule has 2 rings (SSSR count). The predicted octanol–water partition coefficient (Wildman–Crippen LogP) is 3.12. The van der Waals surface area contributed by atoms with Gasteiger partial charge in [-0.25, -0.2) is 4.98 Å². The minimum absolute atomic E-state index is 0.625.